The molecule has 0 bridgehead atoms. The first-order valence-electron chi connectivity index (χ1n) is 4.18. The lowest BCUT2D eigenvalue weighted by molar-refractivity contribution is 0.413. The topological polar surface area (TPSA) is 34.1 Å². The molecule has 1 N–H and O–H groups in total. The van der Waals surface area contributed by atoms with Gasteiger partial charge in [0, 0.05) is 6.54 Å². The summed E-state index contributed by atoms with van der Waals surface area (Å²) in [5.41, 5.74) is 0.941. The fourth-order valence-electron chi connectivity index (χ4n) is 0.909. The summed E-state index contributed by atoms with van der Waals surface area (Å²) < 4.78 is 5.00. The van der Waals surface area contributed by atoms with Crippen LogP contribution in [0.5, 0.6) is 5.75 Å². The molecule has 1 aromatic heterocycles. The van der Waals surface area contributed by atoms with Crippen molar-refractivity contribution >= 4 is 6.08 Å². The molecular formula is C10H14N2O. The summed E-state index contributed by atoms with van der Waals surface area (Å²) in [7, 11) is 3.54. The Balaban J connectivity index is 2.58. The molecule has 0 unspecified atom stereocenters. The number of likely N-dealkylation sites (N-methyl/N-ethyl adjacent to an activating group) is 1. The highest BCUT2D eigenvalue weighted by Crippen LogP contribution is 2.08. The van der Waals surface area contributed by atoms with Crippen molar-refractivity contribution in [3.05, 3.63) is 30.1 Å². The van der Waals surface area contributed by atoms with Gasteiger partial charge < -0.3 is 10.1 Å². The van der Waals surface area contributed by atoms with Gasteiger partial charge in [0.2, 0.25) is 0 Å². The molecule has 0 fully saturated rings. The molecule has 70 valence electrons. The second-order valence-electron chi connectivity index (χ2n) is 2.58. The van der Waals surface area contributed by atoms with E-state index in [1.165, 1.54) is 0 Å². The summed E-state index contributed by atoms with van der Waals surface area (Å²) in [5.74, 6) is 0.783. The predicted molar refractivity (Wildman–Crippen MR) is 53.7 cm³/mol. The van der Waals surface area contributed by atoms with E-state index >= 15 is 0 Å². The Morgan fingerprint density at radius 2 is 2.38 bits per heavy atom. The quantitative estimate of drug-likeness (QED) is 0.755. The summed E-state index contributed by atoms with van der Waals surface area (Å²) in [5, 5.41) is 3.02. The maximum atomic E-state index is 5.00. The first-order valence-corrected chi connectivity index (χ1v) is 4.18. The lowest BCUT2D eigenvalue weighted by atomic mass is 10.3. The van der Waals surface area contributed by atoms with Crippen molar-refractivity contribution in [1.29, 1.82) is 0 Å². The van der Waals surface area contributed by atoms with Crippen LogP contribution in [0.3, 0.4) is 0 Å². The normalized spacial score (nSPS) is 10.6. The highest BCUT2D eigenvalue weighted by Gasteiger charge is 1.90. The Bertz CT molecular complexity index is 267. The van der Waals surface area contributed by atoms with E-state index in [1.54, 1.807) is 13.3 Å². The van der Waals surface area contributed by atoms with Crippen LogP contribution in [0.1, 0.15) is 5.69 Å². The predicted octanol–water partition coefficient (Wildman–Crippen LogP) is 1.32. The molecule has 0 saturated heterocycles. The molecule has 13 heavy (non-hydrogen) atoms. The number of nitrogens with zero attached hydrogens (tertiary/aromatic N) is 1. The summed E-state index contributed by atoms with van der Waals surface area (Å²) in [4.78, 5) is 4.18. The molecule has 0 aliphatic heterocycles. The van der Waals surface area contributed by atoms with E-state index in [-0.39, 0.29) is 0 Å². The summed E-state index contributed by atoms with van der Waals surface area (Å²) >= 11 is 0. The van der Waals surface area contributed by atoms with Crippen molar-refractivity contribution < 1.29 is 4.74 Å². The SMILES string of the molecule is CNCC=Cc1ccc(OC)cn1. The molecular weight excluding hydrogens is 164 g/mol. The molecule has 0 radical (unpaired) electrons. The lowest BCUT2D eigenvalue weighted by Crippen LogP contribution is -2.03. The number of rotatable bonds is 4. The molecule has 0 saturated carbocycles. The summed E-state index contributed by atoms with van der Waals surface area (Å²) in [6.45, 7) is 0.855. The second kappa shape index (κ2) is 5.32. The second-order valence-corrected chi connectivity index (χ2v) is 2.58. The van der Waals surface area contributed by atoms with E-state index in [0.29, 0.717) is 0 Å². The minimum Gasteiger partial charge on any atom is -0.495 e. The van der Waals surface area contributed by atoms with E-state index < -0.39 is 0 Å². The van der Waals surface area contributed by atoms with Crippen LogP contribution in [0.15, 0.2) is 24.4 Å². The molecule has 1 rings (SSSR count). The third kappa shape index (κ3) is 3.25. The fraction of sp³-hybridized carbons (Fsp3) is 0.300. The number of hydrogen-bond acceptors (Lipinski definition) is 3. The van der Waals surface area contributed by atoms with Gasteiger partial charge in [0.15, 0.2) is 0 Å². The van der Waals surface area contributed by atoms with Gasteiger partial charge in [0.25, 0.3) is 0 Å². The third-order valence-corrected chi connectivity index (χ3v) is 1.61. The molecule has 0 aliphatic carbocycles. The smallest absolute Gasteiger partial charge is 0.137 e. The van der Waals surface area contributed by atoms with Gasteiger partial charge in [0.1, 0.15) is 5.75 Å². The van der Waals surface area contributed by atoms with Gasteiger partial charge in [-0.25, -0.2) is 0 Å². The Hall–Kier alpha value is -1.35. The Kier molecular flexibility index (Phi) is 3.99. The number of hydrogen-bond donors (Lipinski definition) is 1. The van der Waals surface area contributed by atoms with Crippen molar-refractivity contribution in [2.45, 2.75) is 0 Å². The van der Waals surface area contributed by atoms with E-state index in [4.69, 9.17) is 4.74 Å². The van der Waals surface area contributed by atoms with Crippen LogP contribution in [0.2, 0.25) is 0 Å². The average molecular weight is 178 g/mol. The van der Waals surface area contributed by atoms with Gasteiger partial charge in [-0.3, -0.25) is 4.98 Å². The molecule has 0 aliphatic rings. The molecule has 0 atom stereocenters. The minimum absolute atomic E-state index is 0.783. The molecule has 1 heterocycles. The monoisotopic (exact) mass is 178 g/mol. The minimum atomic E-state index is 0.783. The first-order chi connectivity index (χ1) is 6.36. The number of methoxy groups -OCH3 is 1. The average Bonchev–Trinajstić information content (AvgIpc) is 2.19. The standard InChI is InChI=1S/C10H14N2O/c1-11-7-3-4-9-5-6-10(13-2)8-12-9/h3-6,8,11H,7H2,1-2H3. The Labute approximate surface area is 78.4 Å². The van der Waals surface area contributed by atoms with Crippen molar-refractivity contribution in [2.75, 3.05) is 20.7 Å². The van der Waals surface area contributed by atoms with Crippen molar-refractivity contribution in [1.82, 2.24) is 10.3 Å². The van der Waals surface area contributed by atoms with Gasteiger partial charge in [-0.15, -0.1) is 0 Å². The van der Waals surface area contributed by atoms with Gasteiger partial charge in [0.05, 0.1) is 19.0 Å². The highest BCUT2D eigenvalue weighted by molar-refractivity contribution is 5.45. The largest absolute Gasteiger partial charge is 0.495 e. The first kappa shape index (κ1) is 9.74. The molecule has 0 spiro atoms. The van der Waals surface area contributed by atoms with E-state index in [0.717, 1.165) is 18.0 Å². The Morgan fingerprint density at radius 3 is 2.92 bits per heavy atom. The van der Waals surface area contributed by atoms with Crippen LogP contribution in [-0.2, 0) is 0 Å². The van der Waals surface area contributed by atoms with Gasteiger partial charge in [-0.05, 0) is 25.3 Å². The van der Waals surface area contributed by atoms with Gasteiger partial charge >= 0.3 is 0 Å². The highest BCUT2D eigenvalue weighted by atomic mass is 16.5. The fourth-order valence-corrected chi connectivity index (χ4v) is 0.909. The van der Waals surface area contributed by atoms with Crippen LogP contribution in [-0.4, -0.2) is 25.7 Å². The number of ether oxygens (including phenoxy) is 1. The van der Waals surface area contributed by atoms with Crippen LogP contribution >= 0.6 is 0 Å². The Morgan fingerprint density at radius 1 is 1.54 bits per heavy atom. The van der Waals surface area contributed by atoms with E-state index in [2.05, 4.69) is 10.3 Å². The van der Waals surface area contributed by atoms with E-state index in [9.17, 15) is 0 Å². The molecule has 3 heteroatoms. The number of pyridine rings is 1. The van der Waals surface area contributed by atoms with Gasteiger partial charge in [-0.1, -0.05) is 6.08 Å². The van der Waals surface area contributed by atoms with Crippen LogP contribution in [0, 0.1) is 0 Å². The van der Waals surface area contributed by atoms with Crippen molar-refractivity contribution in [3.8, 4) is 5.75 Å². The summed E-state index contributed by atoms with van der Waals surface area (Å²) in [6.07, 6.45) is 5.70. The number of aromatic nitrogens is 1. The maximum Gasteiger partial charge on any atom is 0.137 e. The third-order valence-electron chi connectivity index (χ3n) is 1.61. The maximum absolute atomic E-state index is 5.00. The zero-order valence-corrected chi connectivity index (χ0v) is 7.95. The van der Waals surface area contributed by atoms with Crippen LogP contribution < -0.4 is 10.1 Å². The van der Waals surface area contributed by atoms with Crippen LogP contribution in [0.25, 0.3) is 6.08 Å². The molecule has 0 amide bonds. The zero-order valence-electron chi connectivity index (χ0n) is 7.95. The lowest BCUT2D eigenvalue weighted by Gasteiger charge is -1.97. The zero-order chi connectivity index (χ0) is 9.52. The van der Waals surface area contributed by atoms with Crippen molar-refractivity contribution in [2.24, 2.45) is 0 Å². The molecule has 3 nitrogen and oxygen atoms in total. The summed E-state index contributed by atoms with van der Waals surface area (Å²) in [6, 6.07) is 3.82. The molecule has 0 aromatic carbocycles. The molecule has 1 aromatic rings. The van der Waals surface area contributed by atoms with Gasteiger partial charge in [-0.2, -0.15) is 0 Å². The van der Waals surface area contributed by atoms with Crippen LogP contribution in [0.4, 0.5) is 0 Å². The van der Waals surface area contributed by atoms with Crippen molar-refractivity contribution in [3.63, 3.8) is 0 Å². The number of nitrogens with one attached hydrogen (secondary N) is 1. The van der Waals surface area contributed by atoms with E-state index in [1.807, 2.05) is 31.3 Å².